The Labute approximate surface area is 107 Å². The maximum absolute atomic E-state index is 10.9. The van der Waals surface area contributed by atoms with Crippen molar-refractivity contribution >= 4 is 17.7 Å². The van der Waals surface area contributed by atoms with Gasteiger partial charge in [0.1, 0.15) is 0 Å². The normalized spacial score (nSPS) is 12.3. The van der Waals surface area contributed by atoms with Gasteiger partial charge >= 0.3 is 5.97 Å². The van der Waals surface area contributed by atoms with Crippen LogP contribution in [0.1, 0.15) is 43.4 Å². The van der Waals surface area contributed by atoms with Crippen molar-refractivity contribution in [2.45, 2.75) is 37.9 Å². The zero-order valence-corrected chi connectivity index (χ0v) is 11.1. The van der Waals surface area contributed by atoms with Crippen LogP contribution in [0.3, 0.4) is 0 Å². The minimum absolute atomic E-state index is 0.0885. The predicted octanol–water partition coefficient (Wildman–Crippen LogP) is 4.13. The Hall–Kier alpha value is -0.960. The Morgan fingerprint density at radius 3 is 2.59 bits per heavy atom. The molecule has 0 aliphatic heterocycles. The molecule has 0 fully saturated rings. The second kappa shape index (κ2) is 8.18. The number of carboxylic acid groups (broad SMARTS) is 1. The third-order valence-electron chi connectivity index (χ3n) is 2.60. The maximum Gasteiger partial charge on any atom is 0.304 e. The van der Waals surface area contributed by atoms with Crippen LogP contribution >= 0.6 is 11.8 Å². The summed E-state index contributed by atoms with van der Waals surface area (Å²) < 4.78 is 0. The Morgan fingerprint density at radius 2 is 2.00 bits per heavy atom. The summed E-state index contributed by atoms with van der Waals surface area (Å²) in [6.07, 6.45) is 3.81. The smallest absolute Gasteiger partial charge is 0.304 e. The van der Waals surface area contributed by atoms with Gasteiger partial charge in [0.15, 0.2) is 0 Å². The first-order valence-corrected chi connectivity index (χ1v) is 7.17. The molecule has 0 radical (unpaired) electrons. The number of carboxylic acids is 1. The van der Waals surface area contributed by atoms with Crippen LogP contribution in [0.25, 0.3) is 0 Å². The predicted molar refractivity (Wildman–Crippen MR) is 73.4 cm³/mol. The van der Waals surface area contributed by atoms with Gasteiger partial charge in [0.25, 0.3) is 0 Å². The lowest BCUT2D eigenvalue weighted by molar-refractivity contribution is -0.137. The van der Waals surface area contributed by atoms with Crippen molar-refractivity contribution < 1.29 is 9.90 Å². The molecule has 0 heterocycles. The number of hydrogen-bond donors (Lipinski definition) is 1. The van der Waals surface area contributed by atoms with E-state index >= 15 is 0 Å². The fourth-order valence-electron chi connectivity index (χ4n) is 1.68. The van der Waals surface area contributed by atoms with Crippen LogP contribution in [0.15, 0.2) is 30.3 Å². The lowest BCUT2D eigenvalue weighted by Crippen LogP contribution is -2.04. The SMILES string of the molecule is CCCCCSC(CC(=O)O)c1ccccc1. The molecule has 1 rings (SSSR count). The van der Waals surface area contributed by atoms with E-state index in [0.29, 0.717) is 0 Å². The first-order chi connectivity index (χ1) is 8.24. The highest BCUT2D eigenvalue weighted by molar-refractivity contribution is 7.99. The van der Waals surface area contributed by atoms with Gasteiger partial charge in [-0.25, -0.2) is 0 Å². The van der Waals surface area contributed by atoms with Crippen molar-refractivity contribution in [1.82, 2.24) is 0 Å². The Kier molecular flexibility index (Phi) is 6.78. The van der Waals surface area contributed by atoms with Gasteiger partial charge in [-0.15, -0.1) is 0 Å². The fourth-order valence-corrected chi connectivity index (χ4v) is 2.94. The van der Waals surface area contributed by atoms with Gasteiger partial charge in [0.05, 0.1) is 6.42 Å². The van der Waals surface area contributed by atoms with E-state index in [0.717, 1.165) is 11.3 Å². The first-order valence-electron chi connectivity index (χ1n) is 6.12. The monoisotopic (exact) mass is 252 g/mol. The Balaban J connectivity index is 2.52. The number of carbonyl (C=O) groups is 1. The molecule has 0 bridgehead atoms. The molecule has 3 heteroatoms. The highest BCUT2D eigenvalue weighted by atomic mass is 32.2. The van der Waals surface area contributed by atoms with Crippen molar-refractivity contribution in [2.75, 3.05) is 5.75 Å². The summed E-state index contributed by atoms with van der Waals surface area (Å²) in [6.45, 7) is 2.18. The molecular formula is C14H20O2S. The van der Waals surface area contributed by atoms with Crippen molar-refractivity contribution in [3.63, 3.8) is 0 Å². The second-order valence-electron chi connectivity index (χ2n) is 4.08. The zero-order chi connectivity index (χ0) is 12.5. The molecule has 1 aromatic rings. The lowest BCUT2D eigenvalue weighted by atomic mass is 10.1. The molecule has 1 atom stereocenters. The van der Waals surface area contributed by atoms with Gasteiger partial charge in [0.2, 0.25) is 0 Å². The number of unbranched alkanes of at least 4 members (excludes halogenated alkanes) is 2. The summed E-state index contributed by atoms with van der Waals surface area (Å²) in [4.78, 5) is 10.9. The number of benzene rings is 1. The quantitative estimate of drug-likeness (QED) is 0.707. The van der Waals surface area contributed by atoms with E-state index in [4.69, 9.17) is 5.11 Å². The van der Waals surface area contributed by atoms with E-state index in [2.05, 4.69) is 6.92 Å². The molecule has 94 valence electrons. The van der Waals surface area contributed by atoms with Gasteiger partial charge in [-0.1, -0.05) is 50.1 Å². The van der Waals surface area contributed by atoms with Crippen LogP contribution in [-0.2, 0) is 4.79 Å². The van der Waals surface area contributed by atoms with Crippen molar-refractivity contribution in [2.24, 2.45) is 0 Å². The van der Waals surface area contributed by atoms with Crippen LogP contribution in [0, 0.1) is 0 Å². The van der Waals surface area contributed by atoms with E-state index in [1.807, 2.05) is 30.3 Å². The topological polar surface area (TPSA) is 37.3 Å². The second-order valence-corrected chi connectivity index (χ2v) is 5.39. The third-order valence-corrected chi connectivity index (χ3v) is 3.96. The molecular weight excluding hydrogens is 232 g/mol. The van der Waals surface area contributed by atoms with Crippen LogP contribution in [0.5, 0.6) is 0 Å². The Morgan fingerprint density at radius 1 is 1.29 bits per heavy atom. The minimum Gasteiger partial charge on any atom is -0.481 e. The summed E-state index contributed by atoms with van der Waals surface area (Å²) in [5.41, 5.74) is 1.12. The molecule has 0 aliphatic carbocycles. The highest BCUT2D eigenvalue weighted by Gasteiger charge is 2.15. The van der Waals surface area contributed by atoms with Gasteiger partial charge in [-0.2, -0.15) is 11.8 Å². The van der Waals surface area contributed by atoms with E-state index in [1.165, 1.54) is 19.3 Å². The van der Waals surface area contributed by atoms with Crippen LogP contribution < -0.4 is 0 Å². The molecule has 17 heavy (non-hydrogen) atoms. The molecule has 0 saturated heterocycles. The van der Waals surface area contributed by atoms with Gasteiger partial charge < -0.3 is 5.11 Å². The van der Waals surface area contributed by atoms with Crippen molar-refractivity contribution in [3.05, 3.63) is 35.9 Å². The minimum atomic E-state index is -0.721. The molecule has 0 saturated carbocycles. The van der Waals surface area contributed by atoms with Crippen molar-refractivity contribution in [3.8, 4) is 0 Å². The van der Waals surface area contributed by atoms with Gasteiger partial charge in [-0.05, 0) is 17.7 Å². The number of rotatable bonds is 8. The summed E-state index contributed by atoms with van der Waals surface area (Å²) in [7, 11) is 0. The fraction of sp³-hybridized carbons (Fsp3) is 0.500. The molecule has 1 aromatic carbocycles. The summed E-state index contributed by atoms with van der Waals surface area (Å²) in [5, 5.41) is 9.02. The molecule has 0 aliphatic rings. The average Bonchev–Trinajstić information content (AvgIpc) is 2.34. The first kappa shape index (κ1) is 14.1. The van der Waals surface area contributed by atoms with Gasteiger partial charge in [0, 0.05) is 5.25 Å². The largest absolute Gasteiger partial charge is 0.481 e. The standard InChI is InChI=1S/C14H20O2S/c1-2-3-7-10-17-13(11-14(15)16)12-8-5-4-6-9-12/h4-6,8-9,13H,2-3,7,10-11H2,1H3,(H,15,16). The van der Waals surface area contributed by atoms with E-state index in [1.54, 1.807) is 11.8 Å². The highest BCUT2D eigenvalue weighted by Crippen LogP contribution is 2.32. The summed E-state index contributed by atoms with van der Waals surface area (Å²) in [6, 6.07) is 9.93. The van der Waals surface area contributed by atoms with E-state index < -0.39 is 5.97 Å². The molecule has 2 nitrogen and oxygen atoms in total. The maximum atomic E-state index is 10.9. The molecule has 1 N–H and O–H groups in total. The van der Waals surface area contributed by atoms with E-state index in [-0.39, 0.29) is 11.7 Å². The molecule has 0 amide bonds. The average molecular weight is 252 g/mol. The molecule has 0 spiro atoms. The number of thioether (sulfide) groups is 1. The summed E-state index contributed by atoms with van der Waals surface area (Å²) >= 11 is 1.76. The van der Waals surface area contributed by atoms with Gasteiger partial charge in [-0.3, -0.25) is 4.79 Å². The summed E-state index contributed by atoms with van der Waals surface area (Å²) in [5.74, 6) is 0.322. The lowest BCUT2D eigenvalue weighted by Gasteiger charge is -2.14. The Bertz CT molecular complexity index is 324. The number of hydrogen-bond acceptors (Lipinski definition) is 2. The molecule has 1 unspecified atom stereocenters. The number of aliphatic carboxylic acids is 1. The van der Waals surface area contributed by atoms with Crippen LogP contribution in [0.4, 0.5) is 0 Å². The van der Waals surface area contributed by atoms with E-state index in [9.17, 15) is 4.79 Å². The molecule has 0 aromatic heterocycles. The zero-order valence-electron chi connectivity index (χ0n) is 10.3. The van der Waals surface area contributed by atoms with Crippen molar-refractivity contribution in [1.29, 1.82) is 0 Å². The van der Waals surface area contributed by atoms with Crippen LogP contribution in [-0.4, -0.2) is 16.8 Å². The van der Waals surface area contributed by atoms with Crippen LogP contribution in [0.2, 0.25) is 0 Å². The third kappa shape index (κ3) is 5.78.